The Morgan fingerprint density at radius 1 is 1.02 bits per heavy atom. The van der Waals surface area contributed by atoms with E-state index in [0.29, 0.717) is 23.2 Å². The second kappa shape index (κ2) is 10.9. The maximum absolute atomic E-state index is 14.6. The smallest absolute Gasteiger partial charge is 0.256 e. The molecule has 5 aliphatic rings. The van der Waals surface area contributed by atoms with E-state index in [-0.39, 0.29) is 42.0 Å². The molecule has 6 heterocycles. The minimum absolute atomic E-state index is 0.0326. The summed E-state index contributed by atoms with van der Waals surface area (Å²) in [6.07, 6.45) is 15.5. The lowest BCUT2D eigenvalue weighted by Crippen LogP contribution is -2.61. The summed E-state index contributed by atoms with van der Waals surface area (Å²) in [5.74, 6) is 0.119. The van der Waals surface area contributed by atoms with Crippen LogP contribution in [0.15, 0.2) is 48.9 Å². The lowest BCUT2D eigenvalue weighted by atomic mass is 9.75. The zero-order valence-electron chi connectivity index (χ0n) is 25.6. The number of aromatic nitrogens is 2. The summed E-state index contributed by atoms with van der Waals surface area (Å²) in [5, 5.41) is 4.71. The molecule has 43 heavy (non-hydrogen) atoms. The third-order valence-corrected chi connectivity index (χ3v) is 10.3. The number of nitrogens with one attached hydrogen (secondary N) is 1. The molecule has 1 N–H and O–H groups in total. The van der Waals surface area contributed by atoms with Crippen LogP contribution in [0.2, 0.25) is 0 Å². The molecular weight excluding hydrogens is 541 g/mol. The van der Waals surface area contributed by atoms with Crippen LogP contribution in [0.25, 0.3) is 22.2 Å². The van der Waals surface area contributed by atoms with Crippen molar-refractivity contribution < 1.29 is 14.0 Å². The third kappa shape index (κ3) is 4.78. The normalized spacial score (nSPS) is 26.4. The number of halogens is 1. The predicted molar refractivity (Wildman–Crippen MR) is 166 cm³/mol. The van der Waals surface area contributed by atoms with Crippen LogP contribution in [-0.4, -0.2) is 67.4 Å². The average Bonchev–Trinajstić information content (AvgIpc) is 3.51. The van der Waals surface area contributed by atoms with Gasteiger partial charge in [-0.1, -0.05) is 6.08 Å². The number of benzene rings is 1. The molecule has 4 aliphatic heterocycles. The highest BCUT2D eigenvalue weighted by Gasteiger charge is 2.46. The highest BCUT2D eigenvalue weighted by atomic mass is 19.1. The first kappa shape index (κ1) is 28.3. The Labute approximate surface area is 253 Å². The van der Waals surface area contributed by atoms with Gasteiger partial charge in [0.05, 0.1) is 35.0 Å². The van der Waals surface area contributed by atoms with Crippen molar-refractivity contribution in [1.29, 1.82) is 0 Å². The van der Waals surface area contributed by atoms with E-state index in [1.54, 1.807) is 17.2 Å². The van der Waals surface area contributed by atoms with E-state index in [4.69, 9.17) is 0 Å². The van der Waals surface area contributed by atoms with Gasteiger partial charge in [-0.3, -0.25) is 14.6 Å². The Morgan fingerprint density at radius 2 is 1.79 bits per heavy atom. The second-order valence-electron chi connectivity index (χ2n) is 13.6. The average molecular weight is 584 g/mol. The van der Waals surface area contributed by atoms with Crippen molar-refractivity contribution in [1.82, 2.24) is 24.7 Å². The summed E-state index contributed by atoms with van der Waals surface area (Å²) < 4.78 is 16.6. The lowest BCUT2D eigenvalue weighted by Gasteiger charge is -2.46. The van der Waals surface area contributed by atoms with Gasteiger partial charge in [-0.2, -0.15) is 0 Å². The van der Waals surface area contributed by atoms with Crippen molar-refractivity contribution >= 4 is 28.3 Å². The summed E-state index contributed by atoms with van der Waals surface area (Å²) in [7, 11) is 0. The summed E-state index contributed by atoms with van der Waals surface area (Å²) in [6.45, 7) is 7.93. The number of fused-ring (bicyclic) bond motifs is 6. The molecule has 3 atom stereocenters. The van der Waals surface area contributed by atoms with Gasteiger partial charge in [-0.25, -0.2) is 4.39 Å². The van der Waals surface area contributed by atoms with Gasteiger partial charge < -0.3 is 19.7 Å². The zero-order valence-corrected chi connectivity index (χ0v) is 25.6. The van der Waals surface area contributed by atoms with Gasteiger partial charge in [0, 0.05) is 47.5 Å². The van der Waals surface area contributed by atoms with Crippen molar-refractivity contribution in [3.63, 3.8) is 0 Å². The number of hydrogen-bond donors (Lipinski definition) is 1. The monoisotopic (exact) mass is 583 g/mol. The molecule has 1 saturated carbocycles. The molecule has 226 valence electrons. The number of rotatable bonds is 6. The minimum Gasteiger partial charge on any atom is -0.334 e. The number of hydrogen-bond acceptors (Lipinski definition) is 4. The summed E-state index contributed by atoms with van der Waals surface area (Å²) in [6, 6.07) is 7.15. The second-order valence-corrected chi connectivity index (χ2v) is 13.6. The fraction of sp³-hybridized carbons (Fsp3) is 0.514. The Morgan fingerprint density at radius 3 is 2.47 bits per heavy atom. The van der Waals surface area contributed by atoms with Gasteiger partial charge in [-0.15, -0.1) is 0 Å². The Hall–Kier alpha value is -3.52. The Bertz CT molecular complexity index is 1590. The van der Waals surface area contributed by atoms with Gasteiger partial charge in [-0.05, 0) is 108 Å². The molecule has 2 aromatic heterocycles. The molecule has 0 radical (unpaired) electrons. The first-order chi connectivity index (χ1) is 20.7. The van der Waals surface area contributed by atoms with E-state index < -0.39 is 5.82 Å². The number of carbonyl (C=O) groups is 2. The summed E-state index contributed by atoms with van der Waals surface area (Å²) in [4.78, 5) is 36.2. The topological polar surface area (TPSA) is 70.5 Å². The molecule has 2 unspecified atom stereocenters. The molecule has 1 aromatic carbocycles. The van der Waals surface area contributed by atoms with E-state index in [0.717, 1.165) is 48.6 Å². The fourth-order valence-electron chi connectivity index (χ4n) is 8.44. The van der Waals surface area contributed by atoms with Crippen LogP contribution in [0.4, 0.5) is 4.39 Å². The van der Waals surface area contributed by atoms with Crippen molar-refractivity contribution in [3.05, 3.63) is 65.9 Å². The molecule has 1 aliphatic carbocycles. The summed E-state index contributed by atoms with van der Waals surface area (Å²) in [5.41, 5.74) is 4.15. The molecule has 8 rings (SSSR count). The van der Waals surface area contributed by atoms with Gasteiger partial charge in [0.1, 0.15) is 5.82 Å². The van der Waals surface area contributed by atoms with E-state index in [1.165, 1.54) is 30.5 Å². The maximum Gasteiger partial charge on any atom is 0.256 e. The van der Waals surface area contributed by atoms with Crippen molar-refractivity contribution in [3.8, 4) is 5.69 Å². The van der Waals surface area contributed by atoms with E-state index in [9.17, 15) is 14.0 Å². The van der Waals surface area contributed by atoms with E-state index >= 15 is 0 Å². The zero-order chi connectivity index (χ0) is 30.0. The first-order valence-electron chi connectivity index (χ1n) is 16.1. The standard InChI is InChI=1S/C35H42FN5O2/c1-20(2)40(21(3)4)34(42)29-17-24(36)7-12-31(29)39-19-30(28-13-14-37-18-32(28)39)23-15-26-10-11-27(16-23)41(26)35(43)33-22-5-8-25(38-33)9-6-22/h7,12-15,17-22,25-27,33,38H,5-6,8-11,16H2,1-4H3/t22?,25?,26?,27?,33-/m1/s1. The number of nitrogens with zero attached hydrogens (tertiary/aromatic N) is 4. The van der Waals surface area contributed by atoms with E-state index in [1.807, 2.05) is 44.5 Å². The SMILES string of the molecule is CC(C)N(C(=O)c1cc(F)ccc1-n1cc(C2=CC3CCC(C2)N3C(=O)[C@@H]2NC3CCC2CC3)c2ccncc21)C(C)C. The predicted octanol–water partition coefficient (Wildman–Crippen LogP) is 6.10. The summed E-state index contributed by atoms with van der Waals surface area (Å²) >= 11 is 0. The van der Waals surface area contributed by atoms with Gasteiger partial charge >= 0.3 is 0 Å². The molecular formula is C35H42FN5O2. The highest BCUT2D eigenvalue weighted by Crippen LogP contribution is 2.43. The number of pyridine rings is 1. The molecule has 7 nitrogen and oxygen atoms in total. The van der Waals surface area contributed by atoms with Gasteiger partial charge in [0.2, 0.25) is 5.91 Å². The maximum atomic E-state index is 14.6. The number of piperidine rings is 2. The molecule has 4 bridgehead atoms. The lowest BCUT2D eigenvalue weighted by molar-refractivity contribution is -0.139. The van der Waals surface area contributed by atoms with Gasteiger partial charge in [0.15, 0.2) is 0 Å². The van der Waals surface area contributed by atoms with Crippen LogP contribution in [0.5, 0.6) is 0 Å². The quantitative estimate of drug-likeness (QED) is 0.381. The Kier molecular flexibility index (Phi) is 7.15. The number of amides is 2. The van der Waals surface area contributed by atoms with Crippen LogP contribution in [0, 0.1) is 11.7 Å². The van der Waals surface area contributed by atoms with Crippen LogP contribution in [0.1, 0.15) is 88.6 Å². The Balaban J connectivity index is 1.26. The number of carbonyl (C=O) groups excluding carboxylic acids is 2. The molecule has 0 spiro atoms. The fourth-order valence-corrected chi connectivity index (χ4v) is 8.44. The van der Waals surface area contributed by atoms with Gasteiger partial charge in [0.25, 0.3) is 5.91 Å². The van der Waals surface area contributed by atoms with Crippen LogP contribution in [-0.2, 0) is 4.79 Å². The van der Waals surface area contributed by atoms with Crippen molar-refractivity contribution in [2.24, 2.45) is 5.92 Å². The van der Waals surface area contributed by atoms with Crippen LogP contribution >= 0.6 is 0 Å². The third-order valence-electron chi connectivity index (χ3n) is 10.3. The molecule has 8 heteroatoms. The minimum atomic E-state index is -0.439. The molecule has 3 saturated heterocycles. The van der Waals surface area contributed by atoms with Crippen LogP contribution in [0.3, 0.4) is 0 Å². The molecule has 2 amide bonds. The van der Waals surface area contributed by atoms with Crippen molar-refractivity contribution in [2.45, 2.75) is 109 Å². The highest BCUT2D eigenvalue weighted by molar-refractivity contribution is 6.00. The largest absolute Gasteiger partial charge is 0.334 e. The van der Waals surface area contributed by atoms with Crippen LogP contribution < -0.4 is 5.32 Å². The molecule has 4 fully saturated rings. The van der Waals surface area contributed by atoms with Crippen molar-refractivity contribution in [2.75, 3.05) is 0 Å². The van der Waals surface area contributed by atoms with E-state index in [2.05, 4.69) is 27.5 Å². The first-order valence-corrected chi connectivity index (χ1v) is 16.1. The molecule has 3 aromatic rings.